The van der Waals surface area contributed by atoms with Crippen molar-refractivity contribution in [3.8, 4) is 0 Å². The minimum atomic E-state index is 0.0946. The molecule has 5 nitrogen and oxygen atoms in total. The van der Waals surface area contributed by atoms with E-state index in [-0.39, 0.29) is 23.9 Å². The summed E-state index contributed by atoms with van der Waals surface area (Å²) in [6.45, 7) is 3.96. The number of nitrogens with zero attached hydrogens (tertiary/aromatic N) is 2. The lowest BCUT2D eigenvalue weighted by molar-refractivity contribution is -0.125. The second-order valence-electron chi connectivity index (χ2n) is 5.24. The first-order valence-corrected chi connectivity index (χ1v) is 6.97. The molecule has 1 heterocycles. The van der Waals surface area contributed by atoms with Crippen molar-refractivity contribution >= 4 is 23.3 Å². The summed E-state index contributed by atoms with van der Waals surface area (Å²) in [5, 5.41) is 6.69. The van der Waals surface area contributed by atoms with Gasteiger partial charge in [-0.3, -0.25) is 4.79 Å². The Balaban J connectivity index is 1.87. The third-order valence-electron chi connectivity index (χ3n) is 3.22. The largest absolute Gasteiger partial charge is 0.367 e. The number of aromatic nitrogens is 2. The fraction of sp³-hybridized carbons (Fsp3) is 0.615. The Morgan fingerprint density at radius 3 is 2.89 bits per heavy atom. The molecule has 6 heteroatoms. The average Bonchev–Trinajstić information content (AvgIpc) is 2.76. The van der Waals surface area contributed by atoms with E-state index in [0.717, 1.165) is 25.1 Å². The van der Waals surface area contributed by atoms with Crippen LogP contribution in [0.4, 0.5) is 5.82 Å². The molecule has 1 aromatic heterocycles. The Morgan fingerprint density at radius 1 is 1.42 bits per heavy atom. The molecule has 2 unspecified atom stereocenters. The van der Waals surface area contributed by atoms with Gasteiger partial charge in [0.15, 0.2) is 0 Å². The Hall–Kier alpha value is -1.36. The predicted molar refractivity (Wildman–Crippen MR) is 75.1 cm³/mol. The van der Waals surface area contributed by atoms with Gasteiger partial charge in [-0.25, -0.2) is 9.97 Å². The monoisotopic (exact) mass is 282 g/mol. The van der Waals surface area contributed by atoms with Gasteiger partial charge in [-0.1, -0.05) is 11.6 Å². The fourth-order valence-electron chi connectivity index (χ4n) is 2.37. The Morgan fingerprint density at radius 2 is 2.21 bits per heavy atom. The zero-order valence-electron chi connectivity index (χ0n) is 11.2. The second kappa shape index (κ2) is 6.19. The maximum Gasteiger partial charge on any atom is 0.223 e. The molecule has 0 aliphatic heterocycles. The van der Waals surface area contributed by atoms with Gasteiger partial charge in [0.2, 0.25) is 5.91 Å². The number of carbonyl (C=O) groups is 1. The summed E-state index contributed by atoms with van der Waals surface area (Å²) >= 11 is 5.81. The predicted octanol–water partition coefficient (Wildman–Crippen LogP) is 2.24. The number of hydrogen-bond acceptors (Lipinski definition) is 4. The molecule has 0 saturated heterocycles. The number of hydrogen-bond donors (Lipinski definition) is 2. The zero-order chi connectivity index (χ0) is 13.8. The molecule has 104 valence electrons. The quantitative estimate of drug-likeness (QED) is 0.831. The van der Waals surface area contributed by atoms with Crippen molar-refractivity contribution in [2.75, 3.05) is 5.32 Å². The summed E-state index contributed by atoms with van der Waals surface area (Å²) in [5.74, 6) is 0.965. The van der Waals surface area contributed by atoms with Gasteiger partial charge in [0.1, 0.15) is 17.3 Å². The van der Waals surface area contributed by atoms with E-state index in [1.807, 2.05) is 13.8 Å². The van der Waals surface area contributed by atoms with Crippen LogP contribution in [-0.4, -0.2) is 28.0 Å². The number of anilines is 1. The topological polar surface area (TPSA) is 66.9 Å². The summed E-state index contributed by atoms with van der Waals surface area (Å²) in [7, 11) is 0. The number of nitrogens with one attached hydrogen (secondary N) is 2. The first-order valence-electron chi connectivity index (χ1n) is 6.59. The SMILES string of the molecule is CC(C)NC(=O)C1CCC(Nc2cc(Cl)ncn2)C1. The molecule has 2 atom stereocenters. The van der Waals surface area contributed by atoms with Gasteiger partial charge in [-0.05, 0) is 33.1 Å². The van der Waals surface area contributed by atoms with Crippen LogP contribution in [0, 0.1) is 5.92 Å². The molecule has 1 fully saturated rings. The van der Waals surface area contributed by atoms with Gasteiger partial charge < -0.3 is 10.6 Å². The summed E-state index contributed by atoms with van der Waals surface area (Å²) in [6, 6.07) is 2.16. The molecule has 0 radical (unpaired) electrons. The van der Waals surface area contributed by atoms with Crippen LogP contribution in [0.15, 0.2) is 12.4 Å². The van der Waals surface area contributed by atoms with Crippen molar-refractivity contribution < 1.29 is 4.79 Å². The van der Waals surface area contributed by atoms with E-state index >= 15 is 0 Å². The van der Waals surface area contributed by atoms with E-state index in [4.69, 9.17) is 11.6 Å². The van der Waals surface area contributed by atoms with Gasteiger partial charge in [-0.15, -0.1) is 0 Å². The molecule has 1 aliphatic rings. The van der Waals surface area contributed by atoms with E-state index in [1.165, 1.54) is 6.33 Å². The summed E-state index contributed by atoms with van der Waals surface area (Å²) in [5.41, 5.74) is 0. The number of amides is 1. The van der Waals surface area contributed by atoms with E-state index in [1.54, 1.807) is 6.07 Å². The van der Waals surface area contributed by atoms with Crippen molar-refractivity contribution in [3.63, 3.8) is 0 Å². The summed E-state index contributed by atoms with van der Waals surface area (Å²) < 4.78 is 0. The molecule has 0 bridgehead atoms. The maximum absolute atomic E-state index is 11.9. The zero-order valence-corrected chi connectivity index (χ0v) is 11.9. The van der Waals surface area contributed by atoms with Crippen molar-refractivity contribution in [1.82, 2.24) is 15.3 Å². The van der Waals surface area contributed by atoms with Gasteiger partial charge in [0.25, 0.3) is 0 Å². The Bertz CT molecular complexity index is 452. The lowest BCUT2D eigenvalue weighted by Crippen LogP contribution is -2.35. The van der Waals surface area contributed by atoms with Crippen LogP contribution in [0.1, 0.15) is 33.1 Å². The number of rotatable bonds is 4. The molecule has 1 saturated carbocycles. The highest BCUT2D eigenvalue weighted by molar-refractivity contribution is 6.29. The van der Waals surface area contributed by atoms with Gasteiger partial charge in [0.05, 0.1) is 0 Å². The van der Waals surface area contributed by atoms with Gasteiger partial charge in [-0.2, -0.15) is 0 Å². The average molecular weight is 283 g/mol. The van der Waals surface area contributed by atoms with Crippen molar-refractivity contribution in [2.24, 2.45) is 5.92 Å². The van der Waals surface area contributed by atoms with Crippen LogP contribution in [0.3, 0.4) is 0 Å². The highest BCUT2D eigenvalue weighted by Crippen LogP contribution is 2.28. The molecule has 0 spiro atoms. The van der Waals surface area contributed by atoms with Gasteiger partial charge >= 0.3 is 0 Å². The van der Waals surface area contributed by atoms with Crippen LogP contribution in [0.2, 0.25) is 5.15 Å². The Kier molecular flexibility index (Phi) is 4.58. The molecule has 1 aliphatic carbocycles. The third kappa shape index (κ3) is 4.06. The summed E-state index contributed by atoms with van der Waals surface area (Å²) in [4.78, 5) is 19.9. The van der Waals surface area contributed by atoms with Crippen LogP contribution < -0.4 is 10.6 Å². The molecule has 2 N–H and O–H groups in total. The minimum Gasteiger partial charge on any atom is -0.367 e. The molecular formula is C13H19ClN4O. The van der Waals surface area contributed by atoms with E-state index in [0.29, 0.717) is 5.15 Å². The van der Waals surface area contributed by atoms with Crippen molar-refractivity contribution in [2.45, 2.75) is 45.2 Å². The van der Waals surface area contributed by atoms with Crippen LogP contribution >= 0.6 is 11.6 Å². The van der Waals surface area contributed by atoms with Crippen LogP contribution in [-0.2, 0) is 4.79 Å². The molecule has 19 heavy (non-hydrogen) atoms. The summed E-state index contributed by atoms with van der Waals surface area (Å²) in [6.07, 6.45) is 4.15. The maximum atomic E-state index is 11.9. The first kappa shape index (κ1) is 14.1. The van der Waals surface area contributed by atoms with E-state index < -0.39 is 0 Å². The first-order chi connectivity index (χ1) is 9.04. The van der Waals surface area contributed by atoms with Crippen LogP contribution in [0.5, 0.6) is 0 Å². The number of carbonyl (C=O) groups excluding carboxylic acids is 1. The van der Waals surface area contributed by atoms with Gasteiger partial charge in [0, 0.05) is 24.1 Å². The van der Waals surface area contributed by atoms with Crippen molar-refractivity contribution in [1.29, 1.82) is 0 Å². The highest BCUT2D eigenvalue weighted by atomic mass is 35.5. The van der Waals surface area contributed by atoms with E-state index in [9.17, 15) is 4.79 Å². The molecule has 0 aromatic carbocycles. The third-order valence-corrected chi connectivity index (χ3v) is 3.43. The highest BCUT2D eigenvalue weighted by Gasteiger charge is 2.30. The molecular weight excluding hydrogens is 264 g/mol. The standard InChI is InChI=1S/C13H19ClN4O/c1-8(2)17-13(19)9-3-4-10(5-9)18-12-6-11(14)15-7-16-12/h6-10H,3-5H2,1-2H3,(H,17,19)(H,15,16,18). The second-order valence-corrected chi connectivity index (χ2v) is 5.63. The molecule has 1 amide bonds. The number of halogens is 1. The lowest BCUT2D eigenvalue weighted by Gasteiger charge is -2.15. The minimum absolute atomic E-state index is 0.0946. The fourth-order valence-corrected chi connectivity index (χ4v) is 2.52. The van der Waals surface area contributed by atoms with Crippen molar-refractivity contribution in [3.05, 3.63) is 17.5 Å². The normalized spacial score (nSPS) is 22.5. The van der Waals surface area contributed by atoms with E-state index in [2.05, 4.69) is 20.6 Å². The molecule has 2 rings (SSSR count). The molecule has 1 aromatic rings. The smallest absolute Gasteiger partial charge is 0.223 e. The van der Waals surface area contributed by atoms with Crippen LogP contribution in [0.25, 0.3) is 0 Å². The lowest BCUT2D eigenvalue weighted by atomic mass is 10.1. The Labute approximate surface area is 118 Å².